The van der Waals surface area contributed by atoms with E-state index in [4.69, 9.17) is 13.7 Å². The fraction of sp³-hybridized carbons (Fsp3) is 0.263. The number of anilines is 1. The van der Waals surface area contributed by atoms with Crippen LogP contribution in [0, 0.1) is 0 Å². The summed E-state index contributed by atoms with van der Waals surface area (Å²) in [6.07, 6.45) is 6.15. The van der Waals surface area contributed by atoms with E-state index in [9.17, 15) is 9.59 Å². The van der Waals surface area contributed by atoms with E-state index < -0.39 is 24.9 Å². The van der Waals surface area contributed by atoms with E-state index in [-0.39, 0.29) is 11.9 Å². The second kappa shape index (κ2) is 8.42. The summed E-state index contributed by atoms with van der Waals surface area (Å²) in [5.74, 6) is -2.06. The number of carbonyl (C=O) groups excluding carboxylic acids is 2. The van der Waals surface area contributed by atoms with Crippen LogP contribution in [0.15, 0.2) is 53.5 Å². The highest BCUT2D eigenvalue weighted by Gasteiger charge is 2.39. The monoisotopic (exact) mass is 394 g/mol. The summed E-state index contributed by atoms with van der Waals surface area (Å²) >= 11 is 0. The first kappa shape index (κ1) is 19.1. The molecule has 0 aliphatic carbocycles. The van der Waals surface area contributed by atoms with Crippen LogP contribution in [0.5, 0.6) is 0 Å². The maximum Gasteiger partial charge on any atom is 0.481 e. The number of para-hydroxylation sites is 1. The third-order valence-corrected chi connectivity index (χ3v) is 4.52. The normalized spacial score (nSPS) is 17.3. The van der Waals surface area contributed by atoms with Gasteiger partial charge in [-0.3, -0.25) is 14.6 Å². The Morgan fingerprint density at radius 2 is 2.14 bits per heavy atom. The Labute approximate surface area is 166 Å². The third kappa shape index (κ3) is 4.44. The van der Waals surface area contributed by atoms with Crippen LogP contribution < -0.4 is 10.6 Å². The van der Waals surface area contributed by atoms with Gasteiger partial charge in [0.15, 0.2) is 5.82 Å². The molecule has 29 heavy (non-hydrogen) atoms. The molecule has 0 radical (unpaired) electrons. The Morgan fingerprint density at radius 1 is 1.28 bits per heavy atom. The molecule has 1 saturated heterocycles. The van der Waals surface area contributed by atoms with E-state index >= 15 is 0 Å². The number of nitrogens with one attached hydrogen (secondary N) is 2. The number of nitrogens with zero attached hydrogens (tertiary/aromatic N) is 2. The zero-order chi connectivity index (χ0) is 20.2. The van der Waals surface area contributed by atoms with Gasteiger partial charge in [0.25, 0.3) is 0 Å². The first-order valence-electron chi connectivity index (χ1n) is 9.20. The fourth-order valence-corrected chi connectivity index (χ4v) is 3.16. The number of fused-ring (bicyclic) bond motifs is 1. The van der Waals surface area contributed by atoms with Crippen molar-refractivity contribution >= 4 is 35.7 Å². The number of carbonyl (C=O) groups is 2. The maximum atomic E-state index is 12.5. The van der Waals surface area contributed by atoms with Crippen LogP contribution in [0.3, 0.4) is 0 Å². The predicted molar refractivity (Wildman–Crippen MR) is 105 cm³/mol. The fourth-order valence-electron chi connectivity index (χ4n) is 3.16. The molecule has 0 spiro atoms. The Hall–Kier alpha value is -3.24. The minimum atomic E-state index is -0.849. The molecule has 1 aliphatic rings. The second-order valence-corrected chi connectivity index (χ2v) is 6.73. The van der Waals surface area contributed by atoms with Gasteiger partial charge in [-0.15, -0.1) is 0 Å². The van der Waals surface area contributed by atoms with Crippen molar-refractivity contribution in [3.05, 3.63) is 54.7 Å². The Bertz CT molecular complexity index is 1010. The molecule has 2 N–H and O–H groups in total. The first-order chi connectivity index (χ1) is 14.1. The molecule has 0 saturated carbocycles. The smallest absolute Gasteiger partial charge is 0.464 e. The molecule has 10 heteroatoms. The maximum absolute atomic E-state index is 12.5. The molecule has 0 bridgehead atoms. The molecule has 2 aromatic heterocycles. The predicted octanol–water partition coefficient (Wildman–Crippen LogP) is 1.35. The molecule has 4 rings (SSSR count). The zero-order valence-corrected chi connectivity index (χ0v) is 15.7. The Balaban J connectivity index is 1.49. The van der Waals surface area contributed by atoms with Gasteiger partial charge in [0.05, 0.1) is 31.1 Å². The number of rotatable bonds is 5. The highest BCUT2D eigenvalue weighted by molar-refractivity contribution is 6.49. The lowest BCUT2D eigenvalue weighted by atomic mass is 9.75. The third-order valence-electron chi connectivity index (χ3n) is 4.52. The van der Waals surface area contributed by atoms with E-state index in [0.717, 1.165) is 16.5 Å². The summed E-state index contributed by atoms with van der Waals surface area (Å²) in [6.45, 7) is 2.29. The van der Waals surface area contributed by atoms with Gasteiger partial charge in [0.2, 0.25) is 0 Å². The van der Waals surface area contributed by atoms with Crippen molar-refractivity contribution in [3.63, 3.8) is 0 Å². The van der Waals surface area contributed by atoms with Crippen molar-refractivity contribution < 1.29 is 23.3 Å². The molecule has 2 amide bonds. The molecular weight excluding hydrogens is 375 g/mol. The van der Waals surface area contributed by atoms with Crippen molar-refractivity contribution in [2.75, 3.05) is 11.9 Å². The van der Waals surface area contributed by atoms with Gasteiger partial charge in [0, 0.05) is 17.8 Å². The van der Waals surface area contributed by atoms with Crippen LogP contribution in [0.4, 0.5) is 5.82 Å². The van der Waals surface area contributed by atoms with Crippen LogP contribution >= 0.6 is 0 Å². The molecular formula is C19H19BN4O5. The largest absolute Gasteiger partial charge is 0.481 e. The molecule has 2 atom stereocenters. The van der Waals surface area contributed by atoms with Crippen LogP contribution in [0.1, 0.15) is 12.5 Å². The van der Waals surface area contributed by atoms with E-state index in [2.05, 4.69) is 20.6 Å². The Kier molecular flexibility index (Phi) is 5.54. The summed E-state index contributed by atoms with van der Waals surface area (Å²) in [4.78, 5) is 32.5. The summed E-state index contributed by atoms with van der Waals surface area (Å²) in [5, 5.41) is 6.05. The first-order valence-corrected chi connectivity index (χ1v) is 9.20. The number of benzene rings is 1. The number of hydrogen-bond donors (Lipinski definition) is 2. The van der Waals surface area contributed by atoms with Crippen molar-refractivity contribution in [3.8, 4) is 0 Å². The van der Waals surface area contributed by atoms with Crippen LogP contribution in [-0.4, -0.2) is 47.6 Å². The van der Waals surface area contributed by atoms with Gasteiger partial charge in [-0.25, -0.2) is 4.98 Å². The van der Waals surface area contributed by atoms with Crippen molar-refractivity contribution in [2.24, 2.45) is 0 Å². The number of furan rings is 1. The molecule has 0 unspecified atom stereocenters. The van der Waals surface area contributed by atoms with E-state index in [1.54, 1.807) is 6.26 Å². The molecule has 9 nitrogen and oxygen atoms in total. The van der Waals surface area contributed by atoms with E-state index in [0.29, 0.717) is 13.0 Å². The quantitative estimate of drug-likeness (QED) is 0.496. The lowest BCUT2D eigenvalue weighted by Gasteiger charge is -2.20. The van der Waals surface area contributed by atoms with Crippen molar-refractivity contribution in [1.29, 1.82) is 0 Å². The molecule has 1 aromatic carbocycles. The molecule has 1 aliphatic heterocycles. The summed E-state index contributed by atoms with van der Waals surface area (Å²) in [7, 11) is -0.674. The van der Waals surface area contributed by atoms with Crippen LogP contribution in [0.2, 0.25) is 0 Å². The second-order valence-electron chi connectivity index (χ2n) is 6.73. The van der Waals surface area contributed by atoms with Crippen molar-refractivity contribution in [2.45, 2.75) is 25.4 Å². The van der Waals surface area contributed by atoms with Gasteiger partial charge < -0.3 is 24.4 Å². The van der Waals surface area contributed by atoms with Gasteiger partial charge in [-0.2, -0.15) is 0 Å². The lowest BCUT2D eigenvalue weighted by Crippen LogP contribution is -2.51. The minimum Gasteiger partial charge on any atom is -0.464 e. The highest BCUT2D eigenvalue weighted by Crippen LogP contribution is 2.23. The minimum absolute atomic E-state index is 0.103. The highest BCUT2D eigenvalue weighted by atomic mass is 16.6. The summed E-state index contributed by atoms with van der Waals surface area (Å²) < 4.78 is 17.0. The van der Waals surface area contributed by atoms with Crippen molar-refractivity contribution in [1.82, 2.24) is 15.3 Å². The molecule has 3 aromatic rings. The number of aromatic nitrogens is 2. The van der Waals surface area contributed by atoms with Crippen LogP contribution in [-0.2, 0) is 25.3 Å². The topological polar surface area (TPSA) is 116 Å². The van der Waals surface area contributed by atoms with Gasteiger partial charge >= 0.3 is 18.9 Å². The number of amides is 2. The van der Waals surface area contributed by atoms with Gasteiger partial charge in [-0.05, 0) is 25.0 Å². The summed E-state index contributed by atoms with van der Waals surface area (Å²) in [5.41, 5.74) is 1.63. The van der Waals surface area contributed by atoms with E-state index in [1.807, 2.05) is 31.2 Å². The lowest BCUT2D eigenvalue weighted by molar-refractivity contribution is -0.136. The van der Waals surface area contributed by atoms with Crippen LogP contribution in [0.25, 0.3) is 11.0 Å². The zero-order valence-electron chi connectivity index (χ0n) is 15.7. The Morgan fingerprint density at radius 3 is 2.90 bits per heavy atom. The SMILES string of the molecule is C[C@@H]1COB([C@H](Cc2coc3ccccc23)NC(=O)C(=O)Nc2cnccn2)O1. The summed E-state index contributed by atoms with van der Waals surface area (Å²) in [6, 6.07) is 7.60. The molecule has 3 heterocycles. The van der Waals surface area contributed by atoms with Gasteiger partial charge in [0.1, 0.15) is 5.58 Å². The standard InChI is InChI=1S/C19H19BN4O5/c1-12-10-28-20(29-12)16(8-13-11-27-15-5-3-2-4-14(13)15)23-18(25)19(26)24-17-9-21-6-7-22-17/h2-7,9,11-12,16H,8,10H2,1H3,(H,23,25)(H,22,24,26)/t12-,16+/m1/s1. The molecule has 148 valence electrons. The molecule has 1 fully saturated rings. The van der Waals surface area contributed by atoms with Gasteiger partial charge in [-0.1, -0.05) is 18.2 Å². The van der Waals surface area contributed by atoms with E-state index in [1.165, 1.54) is 18.6 Å². The average molecular weight is 394 g/mol. The average Bonchev–Trinajstić information content (AvgIpc) is 3.34. The number of hydrogen-bond acceptors (Lipinski definition) is 7.